The average Bonchev–Trinajstić information content (AvgIpc) is 2.68. The third-order valence-electron chi connectivity index (χ3n) is 3.52. The Kier molecular flexibility index (Phi) is 7.46. The lowest BCUT2D eigenvalue weighted by Gasteiger charge is -2.06. The minimum atomic E-state index is -0.611. The highest BCUT2D eigenvalue weighted by atomic mass is 35.5. The van der Waals surface area contributed by atoms with Crippen molar-refractivity contribution in [3.63, 3.8) is 0 Å². The van der Waals surface area contributed by atoms with Gasteiger partial charge in [0.1, 0.15) is 10.8 Å². The van der Waals surface area contributed by atoms with Crippen molar-refractivity contribution in [2.75, 3.05) is 12.4 Å². The Morgan fingerprint density at radius 1 is 1.18 bits per heavy atom. The van der Waals surface area contributed by atoms with Crippen molar-refractivity contribution in [1.82, 2.24) is 5.43 Å². The summed E-state index contributed by atoms with van der Waals surface area (Å²) in [6, 6.07) is 10.9. The number of carbonyl (C=O) groups is 2. The van der Waals surface area contributed by atoms with Gasteiger partial charge in [0.15, 0.2) is 0 Å². The number of benzene rings is 2. The molecule has 0 aromatic heterocycles. The number of nitrogens with zero attached hydrogens (tertiary/aromatic N) is 2. The molecular weight excluding hydrogens is 388 g/mol. The number of hydrazone groups is 1. The minimum Gasteiger partial charge on any atom is -0.497 e. The van der Waals surface area contributed by atoms with Gasteiger partial charge in [0.2, 0.25) is 11.8 Å². The zero-order valence-electron chi connectivity index (χ0n) is 14.8. The number of amides is 2. The molecule has 28 heavy (non-hydrogen) atoms. The van der Waals surface area contributed by atoms with Crippen LogP contribution >= 0.6 is 11.6 Å². The average molecular weight is 405 g/mol. The number of nitrogens with one attached hydrogen (secondary N) is 2. The Hall–Kier alpha value is -3.46. The lowest BCUT2D eigenvalue weighted by atomic mass is 10.2. The highest BCUT2D eigenvalue weighted by molar-refractivity contribution is 6.32. The number of rotatable bonds is 8. The summed E-state index contributed by atoms with van der Waals surface area (Å²) in [4.78, 5) is 33.8. The van der Waals surface area contributed by atoms with Crippen molar-refractivity contribution >= 4 is 41.0 Å². The van der Waals surface area contributed by atoms with Crippen molar-refractivity contribution in [2.45, 2.75) is 12.8 Å². The molecule has 0 saturated carbocycles. The molecule has 0 saturated heterocycles. The first-order valence-corrected chi connectivity index (χ1v) is 8.46. The van der Waals surface area contributed by atoms with Crippen LogP contribution in [0.4, 0.5) is 11.4 Å². The molecule has 2 amide bonds. The third-order valence-corrected chi connectivity index (χ3v) is 3.84. The quantitative estimate of drug-likeness (QED) is 0.397. The maximum atomic E-state index is 11.9. The number of hydrogen-bond acceptors (Lipinski definition) is 6. The van der Waals surface area contributed by atoms with Crippen LogP contribution in [0.1, 0.15) is 18.4 Å². The van der Waals surface area contributed by atoms with E-state index < -0.39 is 10.8 Å². The number of anilines is 1. The number of nitro groups is 1. The van der Waals surface area contributed by atoms with Crippen LogP contribution in [0.5, 0.6) is 5.75 Å². The van der Waals surface area contributed by atoms with E-state index in [1.807, 2.05) is 0 Å². The highest BCUT2D eigenvalue weighted by Gasteiger charge is 2.12. The fourth-order valence-corrected chi connectivity index (χ4v) is 2.30. The fraction of sp³-hybridized carbons (Fsp3) is 0.167. The Bertz CT molecular complexity index is 899. The number of halogens is 1. The summed E-state index contributed by atoms with van der Waals surface area (Å²) in [5.74, 6) is -0.122. The zero-order chi connectivity index (χ0) is 20.5. The normalized spacial score (nSPS) is 10.5. The number of ether oxygens (including phenoxy) is 1. The van der Waals surface area contributed by atoms with E-state index in [4.69, 9.17) is 16.3 Å². The van der Waals surface area contributed by atoms with E-state index in [9.17, 15) is 19.7 Å². The summed E-state index contributed by atoms with van der Waals surface area (Å²) in [6.45, 7) is 0. The molecule has 0 heterocycles. The predicted octanol–water partition coefficient (Wildman–Crippen LogP) is 3.13. The Labute approximate surface area is 165 Å². The molecule has 2 N–H and O–H groups in total. The summed E-state index contributed by atoms with van der Waals surface area (Å²) < 4.78 is 5.03. The smallest absolute Gasteiger partial charge is 0.288 e. The number of carbonyl (C=O) groups excluding carboxylic acids is 2. The number of hydrogen-bond donors (Lipinski definition) is 2. The second-order valence-corrected chi connectivity index (χ2v) is 5.95. The second kappa shape index (κ2) is 10.0. The van der Waals surface area contributed by atoms with Gasteiger partial charge in [-0.05, 0) is 30.3 Å². The minimum absolute atomic E-state index is 0.00839. The molecule has 2 rings (SSSR count). The van der Waals surface area contributed by atoms with Crippen LogP contribution in [0, 0.1) is 10.1 Å². The van der Waals surface area contributed by atoms with Crippen LogP contribution in [0.15, 0.2) is 47.6 Å². The van der Waals surface area contributed by atoms with Gasteiger partial charge in [-0.3, -0.25) is 19.7 Å². The maximum Gasteiger partial charge on any atom is 0.288 e. The van der Waals surface area contributed by atoms with Gasteiger partial charge >= 0.3 is 0 Å². The van der Waals surface area contributed by atoms with Crippen LogP contribution in [0.25, 0.3) is 0 Å². The van der Waals surface area contributed by atoms with E-state index in [0.717, 1.165) is 0 Å². The molecule has 0 radical (unpaired) electrons. The summed E-state index contributed by atoms with van der Waals surface area (Å²) in [5, 5.41) is 17.2. The molecule has 2 aromatic carbocycles. The van der Waals surface area contributed by atoms with Gasteiger partial charge in [0.05, 0.1) is 18.2 Å². The molecule has 0 fully saturated rings. The van der Waals surface area contributed by atoms with E-state index in [1.165, 1.54) is 24.4 Å². The van der Waals surface area contributed by atoms with Crippen LogP contribution in [-0.2, 0) is 9.59 Å². The van der Waals surface area contributed by atoms with Crippen molar-refractivity contribution in [3.8, 4) is 5.75 Å². The summed E-state index contributed by atoms with van der Waals surface area (Å²) >= 11 is 5.72. The molecule has 0 aliphatic rings. The van der Waals surface area contributed by atoms with Crippen molar-refractivity contribution in [3.05, 3.63) is 63.2 Å². The van der Waals surface area contributed by atoms with Crippen molar-refractivity contribution < 1.29 is 19.2 Å². The van der Waals surface area contributed by atoms with E-state index in [1.54, 1.807) is 31.4 Å². The molecule has 2 aromatic rings. The second-order valence-electron chi connectivity index (χ2n) is 5.54. The van der Waals surface area contributed by atoms with Crippen LogP contribution in [-0.4, -0.2) is 30.1 Å². The monoisotopic (exact) mass is 404 g/mol. The highest BCUT2D eigenvalue weighted by Crippen LogP contribution is 2.24. The standard InChI is InChI=1S/C18H17ClN4O5/c1-28-14-5-3-13(4-6-14)21-17(24)8-9-18(25)22-20-11-12-2-7-15(19)16(10-12)23(26)27/h2-7,10-11H,8-9H2,1H3,(H,21,24)(H,22,25). The number of methoxy groups -OCH3 is 1. The molecule has 9 nitrogen and oxygen atoms in total. The first-order chi connectivity index (χ1) is 13.4. The molecule has 0 bridgehead atoms. The molecular formula is C18H17ClN4O5. The van der Waals surface area contributed by atoms with Gasteiger partial charge in [0.25, 0.3) is 5.69 Å². The first kappa shape index (κ1) is 20.8. The molecule has 0 unspecified atom stereocenters. The lowest BCUT2D eigenvalue weighted by Crippen LogP contribution is -2.20. The topological polar surface area (TPSA) is 123 Å². The summed E-state index contributed by atoms with van der Waals surface area (Å²) in [6.07, 6.45) is 1.15. The Morgan fingerprint density at radius 3 is 2.50 bits per heavy atom. The first-order valence-electron chi connectivity index (χ1n) is 8.09. The van der Waals surface area contributed by atoms with E-state index in [0.29, 0.717) is 17.0 Å². The molecule has 0 aliphatic carbocycles. The summed E-state index contributed by atoms with van der Waals surface area (Å²) in [5.41, 5.74) is 2.99. The molecule has 0 spiro atoms. The van der Waals surface area contributed by atoms with Gasteiger partial charge in [-0.15, -0.1) is 0 Å². The molecule has 0 aliphatic heterocycles. The van der Waals surface area contributed by atoms with E-state index in [-0.39, 0.29) is 29.5 Å². The van der Waals surface area contributed by atoms with Gasteiger partial charge in [-0.1, -0.05) is 17.7 Å². The lowest BCUT2D eigenvalue weighted by molar-refractivity contribution is -0.384. The molecule has 0 atom stereocenters. The zero-order valence-corrected chi connectivity index (χ0v) is 15.6. The van der Waals surface area contributed by atoms with Crippen LogP contribution in [0.2, 0.25) is 5.02 Å². The molecule has 146 valence electrons. The van der Waals surface area contributed by atoms with Gasteiger partial charge < -0.3 is 10.1 Å². The van der Waals surface area contributed by atoms with Crippen molar-refractivity contribution in [2.24, 2.45) is 5.10 Å². The third kappa shape index (κ3) is 6.36. The fourth-order valence-electron chi connectivity index (χ4n) is 2.11. The predicted molar refractivity (Wildman–Crippen MR) is 105 cm³/mol. The van der Waals surface area contributed by atoms with Crippen molar-refractivity contribution in [1.29, 1.82) is 0 Å². The van der Waals surface area contributed by atoms with E-state index >= 15 is 0 Å². The van der Waals surface area contributed by atoms with Gasteiger partial charge in [-0.2, -0.15) is 5.10 Å². The molecule has 10 heteroatoms. The summed E-state index contributed by atoms with van der Waals surface area (Å²) in [7, 11) is 1.54. The van der Waals surface area contributed by atoms with Crippen LogP contribution < -0.4 is 15.5 Å². The SMILES string of the molecule is COc1ccc(NC(=O)CCC(=O)NN=Cc2ccc(Cl)c([N+](=O)[O-])c2)cc1. The van der Waals surface area contributed by atoms with E-state index in [2.05, 4.69) is 15.8 Å². The largest absolute Gasteiger partial charge is 0.497 e. The van der Waals surface area contributed by atoms with Crippen LogP contribution in [0.3, 0.4) is 0 Å². The maximum absolute atomic E-state index is 11.9. The number of nitro benzene ring substituents is 1. The Balaban J connectivity index is 1.79. The van der Waals surface area contributed by atoms with Gasteiger partial charge in [-0.25, -0.2) is 5.43 Å². The van der Waals surface area contributed by atoms with Gasteiger partial charge in [0, 0.05) is 30.2 Å². The Morgan fingerprint density at radius 2 is 1.86 bits per heavy atom.